The third kappa shape index (κ3) is 3.38. The summed E-state index contributed by atoms with van der Waals surface area (Å²) in [6.45, 7) is 0. The number of halogens is 3. The molecule has 1 heterocycles. The molecule has 1 aromatic heterocycles. The average molecular weight is 381 g/mol. The van der Waals surface area contributed by atoms with Crippen LogP contribution < -0.4 is 10.5 Å². The summed E-state index contributed by atoms with van der Waals surface area (Å²) in [5, 5.41) is 0.0723. The lowest BCUT2D eigenvalue weighted by molar-refractivity contribution is 0.601. The lowest BCUT2D eigenvalue weighted by Crippen LogP contribution is -2.15. The molecule has 0 aliphatic rings. The van der Waals surface area contributed by atoms with Crippen LogP contribution in [-0.4, -0.2) is 13.4 Å². The minimum atomic E-state index is -3.99. The summed E-state index contributed by atoms with van der Waals surface area (Å²) in [5.74, 6) is -0.821. The van der Waals surface area contributed by atoms with Gasteiger partial charge in [0.25, 0.3) is 10.0 Å². The van der Waals surface area contributed by atoms with Crippen LogP contribution in [-0.2, 0) is 10.0 Å². The van der Waals surface area contributed by atoms with Crippen LogP contribution in [0.2, 0.25) is 5.02 Å². The minimum Gasteiger partial charge on any atom is -0.383 e. The molecule has 0 fully saturated rings. The molecule has 0 atom stereocenters. The van der Waals surface area contributed by atoms with Gasteiger partial charge in [0.1, 0.15) is 16.5 Å². The molecule has 0 aliphatic heterocycles. The quantitative estimate of drug-likeness (QED) is 0.857. The van der Waals surface area contributed by atoms with Crippen molar-refractivity contribution in [2.24, 2.45) is 0 Å². The number of nitrogen functional groups attached to an aromatic ring is 1. The van der Waals surface area contributed by atoms with Crippen LogP contribution in [0.1, 0.15) is 0 Å². The van der Waals surface area contributed by atoms with Gasteiger partial charge in [0.05, 0.1) is 5.69 Å². The summed E-state index contributed by atoms with van der Waals surface area (Å²) in [6, 6.07) is 4.65. The Morgan fingerprint density at radius 3 is 2.65 bits per heavy atom. The van der Waals surface area contributed by atoms with Crippen LogP contribution in [0.4, 0.5) is 15.9 Å². The first-order chi connectivity index (χ1) is 9.28. The molecule has 2 rings (SSSR count). The maximum absolute atomic E-state index is 13.2. The molecule has 0 bridgehead atoms. The van der Waals surface area contributed by atoms with Gasteiger partial charge in [-0.05, 0) is 40.2 Å². The number of hydrogen-bond acceptors (Lipinski definition) is 4. The molecule has 20 heavy (non-hydrogen) atoms. The standard InChI is InChI=1S/C11H8BrClFN3O2S/c12-6-1-10(11(15)16-5-6)20(18,19)17-9-3-7(13)2-8(14)4-9/h1-5,17H,(H2,15,16). The molecule has 0 spiro atoms. The maximum atomic E-state index is 13.2. The van der Waals surface area contributed by atoms with E-state index in [4.69, 9.17) is 17.3 Å². The smallest absolute Gasteiger partial charge is 0.265 e. The van der Waals surface area contributed by atoms with E-state index in [-0.39, 0.29) is 21.4 Å². The fourth-order valence-corrected chi connectivity index (χ4v) is 3.32. The Labute approximate surface area is 128 Å². The minimum absolute atomic E-state index is 0.00521. The molecule has 0 amide bonds. The first kappa shape index (κ1) is 15.0. The van der Waals surface area contributed by atoms with E-state index in [0.717, 1.165) is 12.1 Å². The number of nitrogens with one attached hydrogen (secondary N) is 1. The second-order valence-corrected chi connectivity index (χ2v) is 6.80. The van der Waals surface area contributed by atoms with Crippen molar-refractivity contribution in [3.8, 4) is 0 Å². The summed E-state index contributed by atoms with van der Waals surface area (Å²) in [5.41, 5.74) is 5.53. The largest absolute Gasteiger partial charge is 0.383 e. The van der Waals surface area contributed by atoms with Gasteiger partial charge in [-0.25, -0.2) is 17.8 Å². The fourth-order valence-electron chi connectivity index (χ4n) is 1.47. The first-order valence-corrected chi connectivity index (χ1v) is 7.83. The Morgan fingerprint density at radius 1 is 1.30 bits per heavy atom. The van der Waals surface area contributed by atoms with Gasteiger partial charge in [-0.3, -0.25) is 4.72 Å². The third-order valence-electron chi connectivity index (χ3n) is 2.25. The summed E-state index contributed by atoms with van der Waals surface area (Å²) in [7, 11) is -3.99. The predicted octanol–water partition coefficient (Wildman–Crippen LogP) is 3.02. The van der Waals surface area contributed by atoms with Crippen LogP contribution in [0, 0.1) is 5.82 Å². The van der Waals surface area contributed by atoms with Gasteiger partial charge >= 0.3 is 0 Å². The Balaban J connectivity index is 2.43. The second kappa shape index (κ2) is 5.55. The fraction of sp³-hybridized carbons (Fsp3) is 0. The van der Waals surface area contributed by atoms with Crippen molar-refractivity contribution in [1.29, 1.82) is 0 Å². The number of benzene rings is 1. The molecule has 0 saturated heterocycles. The number of anilines is 2. The van der Waals surface area contributed by atoms with E-state index < -0.39 is 15.8 Å². The van der Waals surface area contributed by atoms with Crippen molar-refractivity contribution in [3.05, 3.63) is 45.8 Å². The van der Waals surface area contributed by atoms with Gasteiger partial charge < -0.3 is 5.73 Å². The van der Waals surface area contributed by atoms with Gasteiger partial charge in [0, 0.05) is 15.7 Å². The highest BCUT2D eigenvalue weighted by Crippen LogP contribution is 2.25. The topological polar surface area (TPSA) is 85.1 Å². The number of aromatic nitrogens is 1. The van der Waals surface area contributed by atoms with Crippen LogP contribution in [0.25, 0.3) is 0 Å². The lowest BCUT2D eigenvalue weighted by atomic mass is 10.3. The normalized spacial score (nSPS) is 11.3. The molecule has 0 aliphatic carbocycles. The van der Waals surface area contributed by atoms with Gasteiger partial charge in [0.15, 0.2) is 0 Å². The Bertz CT molecular complexity index is 750. The number of rotatable bonds is 3. The highest BCUT2D eigenvalue weighted by atomic mass is 79.9. The highest BCUT2D eigenvalue weighted by molar-refractivity contribution is 9.10. The van der Waals surface area contributed by atoms with E-state index in [0.29, 0.717) is 4.47 Å². The molecule has 1 aromatic carbocycles. The molecule has 5 nitrogen and oxygen atoms in total. The molecular formula is C11H8BrClFN3O2S. The molecule has 0 saturated carbocycles. The van der Waals surface area contributed by atoms with Crippen molar-refractivity contribution in [2.75, 3.05) is 10.5 Å². The first-order valence-electron chi connectivity index (χ1n) is 5.18. The number of nitrogens with zero attached hydrogens (tertiary/aromatic N) is 1. The average Bonchev–Trinajstić information content (AvgIpc) is 2.30. The number of hydrogen-bond donors (Lipinski definition) is 2. The molecular weight excluding hydrogens is 373 g/mol. The van der Waals surface area contributed by atoms with E-state index in [9.17, 15) is 12.8 Å². The zero-order valence-electron chi connectivity index (χ0n) is 9.77. The summed E-state index contributed by atoms with van der Waals surface area (Å²) in [4.78, 5) is 3.52. The van der Waals surface area contributed by atoms with Crippen molar-refractivity contribution < 1.29 is 12.8 Å². The van der Waals surface area contributed by atoms with Crippen molar-refractivity contribution >= 4 is 49.1 Å². The number of sulfonamides is 1. The molecule has 2 aromatic rings. The lowest BCUT2D eigenvalue weighted by Gasteiger charge is -2.10. The third-order valence-corrected chi connectivity index (χ3v) is 4.32. The molecule has 9 heteroatoms. The molecule has 106 valence electrons. The predicted molar refractivity (Wildman–Crippen MR) is 78.6 cm³/mol. The van der Waals surface area contributed by atoms with E-state index in [1.165, 1.54) is 18.3 Å². The number of nitrogens with two attached hydrogens (primary N) is 1. The van der Waals surface area contributed by atoms with Crippen molar-refractivity contribution in [1.82, 2.24) is 4.98 Å². The van der Waals surface area contributed by atoms with Crippen LogP contribution >= 0.6 is 27.5 Å². The summed E-state index contributed by atoms with van der Waals surface area (Å²) in [6.07, 6.45) is 1.37. The molecule has 0 unspecified atom stereocenters. The van der Waals surface area contributed by atoms with Gasteiger partial charge in [-0.15, -0.1) is 0 Å². The van der Waals surface area contributed by atoms with E-state index in [2.05, 4.69) is 25.6 Å². The molecule has 0 radical (unpaired) electrons. The SMILES string of the molecule is Nc1ncc(Br)cc1S(=O)(=O)Nc1cc(F)cc(Cl)c1. The molecule has 3 N–H and O–H groups in total. The van der Waals surface area contributed by atoms with Crippen LogP contribution in [0.15, 0.2) is 39.8 Å². The highest BCUT2D eigenvalue weighted by Gasteiger charge is 2.19. The zero-order valence-corrected chi connectivity index (χ0v) is 12.9. The van der Waals surface area contributed by atoms with Crippen molar-refractivity contribution in [3.63, 3.8) is 0 Å². The van der Waals surface area contributed by atoms with E-state index in [1.54, 1.807) is 0 Å². The van der Waals surface area contributed by atoms with Gasteiger partial charge in [-0.2, -0.15) is 0 Å². The Morgan fingerprint density at radius 2 is 2.00 bits per heavy atom. The van der Waals surface area contributed by atoms with Crippen molar-refractivity contribution in [2.45, 2.75) is 4.90 Å². The van der Waals surface area contributed by atoms with Crippen LogP contribution in [0.3, 0.4) is 0 Å². The van der Waals surface area contributed by atoms with Gasteiger partial charge in [0.2, 0.25) is 0 Å². The second-order valence-electron chi connectivity index (χ2n) is 3.80. The monoisotopic (exact) mass is 379 g/mol. The van der Waals surface area contributed by atoms with Crippen LogP contribution in [0.5, 0.6) is 0 Å². The van der Waals surface area contributed by atoms with E-state index in [1.807, 2.05) is 0 Å². The maximum Gasteiger partial charge on any atom is 0.265 e. The Kier molecular flexibility index (Phi) is 4.17. The summed E-state index contributed by atoms with van der Waals surface area (Å²) >= 11 is 8.77. The zero-order chi connectivity index (χ0) is 14.9. The van der Waals surface area contributed by atoms with E-state index >= 15 is 0 Å². The number of pyridine rings is 1. The Hall–Kier alpha value is -1.38. The summed E-state index contributed by atoms with van der Waals surface area (Å²) < 4.78 is 40.2. The van der Waals surface area contributed by atoms with Gasteiger partial charge in [-0.1, -0.05) is 11.6 Å².